The van der Waals surface area contributed by atoms with Gasteiger partial charge in [0.25, 0.3) is 0 Å². The van der Waals surface area contributed by atoms with E-state index in [0.717, 1.165) is 0 Å². The van der Waals surface area contributed by atoms with Gasteiger partial charge < -0.3 is 28.7 Å². The molecule has 2 fully saturated rings. The Morgan fingerprint density at radius 3 is 2.24 bits per heavy atom. The molecule has 1 N–H and O–H groups in total. The van der Waals surface area contributed by atoms with E-state index < -0.39 is 56.1 Å². The molecule has 0 aromatic rings. The van der Waals surface area contributed by atoms with E-state index in [0.29, 0.717) is 0 Å². The molecular formula is C26H45N3O7Si. The molecule has 0 saturated carbocycles. The molecule has 210 valence electrons. The SMILES string of the molecule is CCOC(=O)CN/C=C(\C#N)[C@H]1[C@@H]2OC(C)(C)O[C@@H]2[C@@H](CO[Si](C)(C)C(C)(C)C)N1C(=O)OC(C)(C)C. The van der Waals surface area contributed by atoms with Crippen LogP contribution in [0.1, 0.15) is 62.3 Å². The van der Waals surface area contributed by atoms with E-state index in [1.807, 2.05) is 0 Å². The Hall–Kier alpha value is -2.13. The lowest BCUT2D eigenvalue weighted by Gasteiger charge is -2.39. The summed E-state index contributed by atoms with van der Waals surface area (Å²) in [6, 6.07) is 0.820. The number of hydrogen-bond acceptors (Lipinski definition) is 9. The fraction of sp³-hybridized carbons (Fsp3) is 0.808. The van der Waals surface area contributed by atoms with Crippen LogP contribution in [-0.4, -0.2) is 80.7 Å². The first-order valence-corrected chi connectivity index (χ1v) is 15.7. The second kappa shape index (κ2) is 11.3. The molecule has 1 amide bonds. The predicted octanol–water partition coefficient (Wildman–Crippen LogP) is 4.08. The van der Waals surface area contributed by atoms with Gasteiger partial charge >= 0.3 is 12.1 Å². The van der Waals surface area contributed by atoms with Crippen molar-refractivity contribution in [2.45, 2.75) is 116 Å². The van der Waals surface area contributed by atoms with E-state index in [2.05, 4.69) is 45.3 Å². The third-order valence-corrected chi connectivity index (χ3v) is 11.3. The minimum atomic E-state index is -2.18. The number of nitriles is 1. The molecule has 0 spiro atoms. The number of carbonyl (C=O) groups excluding carboxylic acids is 2. The van der Waals surface area contributed by atoms with Crippen LogP contribution < -0.4 is 5.32 Å². The summed E-state index contributed by atoms with van der Waals surface area (Å²) in [5.41, 5.74) is -0.551. The maximum Gasteiger partial charge on any atom is 0.411 e. The molecule has 37 heavy (non-hydrogen) atoms. The van der Waals surface area contributed by atoms with Gasteiger partial charge in [0.15, 0.2) is 14.1 Å². The number of likely N-dealkylation sites (tertiary alicyclic amines) is 1. The Kier molecular flexibility index (Phi) is 9.50. The van der Waals surface area contributed by atoms with Gasteiger partial charge in [-0.05, 0) is 59.7 Å². The quantitative estimate of drug-likeness (QED) is 0.276. The minimum Gasteiger partial charge on any atom is -0.465 e. The second-order valence-corrected chi connectivity index (χ2v) is 17.2. The molecular weight excluding hydrogens is 494 g/mol. The Labute approximate surface area is 222 Å². The number of nitrogens with zero attached hydrogens (tertiary/aromatic N) is 2. The van der Waals surface area contributed by atoms with Crippen molar-refractivity contribution in [3.8, 4) is 6.07 Å². The highest BCUT2D eigenvalue weighted by Gasteiger charge is 2.61. The molecule has 4 atom stereocenters. The average molecular weight is 540 g/mol. The van der Waals surface area contributed by atoms with E-state index in [-0.39, 0.29) is 30.4 Å². The minimum absolute atomic E-state index is 0.0395. The van der Waals surface area contributed by atoms with E-state index in [1.54, 1.807) is 41.5 Å². The van der Waals surface area contributed by atoms with Crippen molar-refractivity contribution in [2.75, 3.05) is 19.8 Å². The molecule has 10 nitrogen and oxygen atoms in total. The Bertz CT molecular complexity index is 915. The van der Waals surface area contributed by atoms with Crippen molar-refractivity contribution >= 4 is 20.4 Å². The van der Waals surface area contributed by atoms with Crippen LogP contribution in [0.15, 0.2) is 11.8 Å². The molecule has 0 aromatic heterocycles. The van der Waals surface area contributed by atoms with Crippen LogP contribution in [0.4, 0.5) is 4.79 Å². The van der Waals surface area contributed by atoms with Crippen LogP contribution in [0.2, 0.25) is 18.1 Å². The van der Waals surface area contributed by atoms with Gasteiger partial charge in [-0.2, -0.15) is 5.26 Å². The lowest BCUT2D eigenvalue weighted by Crippen LogP contribution is -2.52. The zero-order valence-electron chi connectivity index (χ0n) is 24.3. The first kappa shape index (κ1) is 31.1. The van der Waals surface area contributed by atoms with Crippen LogP contribution >= 0.6 is 0 Å². The molecule has 2 aliphatic heterocycles. The van der Waals surface area contributed by atoms with Crippen LogP contribution in [0, 0.1) is 11.3 Å². The summed E-state index contributed by atoms with van der Waals surface area (Å²) in [7, 11) is -2.18. The zero-order valence-corrected chi connectivity index (χ0v) is 25.3. The van der Waals surface area contributed by atoms with Crippen molar-refractivity contribution in [1.29, 1.82) is 5.26 Å². The molecule has 0 aliphatic carbocycles. The largest absolute Gasteiger partial charge is 0.465 e. The summed E-state index contributed by atoms with van der Waals surface area (Å²) in [4.78, 5) is 26.9. The molecule has 0 aromatic carbocycles. The van der Waals surface area contributed by atoms with Gasteiger partial charge in [0, 0.05) is 6.20 Å². The predicted molar refractivity (Wildman–Crippen MR) is 141 cm³/mol. The maximum atomic E-state index is 13.6. The van der Waals surface area contributed by atoms with Crippen molar-refractivity contribution in [3.63, 3.8) is 0 Å². The zero-order chi connectivity index (χ0) is 28.4. The van der Waals surface area contributed by atoms with Gasteiger partial charge in [-0.3, -0.25) is 9.69 Å². The average Bonchev–Trinajstić information content (AvgIpc) is 3.18. The van der Waals surface area contributed by atoms with Crippen molar-refractivity contribution < 1.29 is 33.0 Å². The molecule has 2 heterocycles. The number of esters is 1. The number of rotatable bonds is 8. The van der Waals surface area contributed by atoms with Crippen molar-refractivity contribution in [2.24, 2.45) is 0 Å². The number of fused-ring (bicyclic) bond motifs is 1. The molecule has 2 rings (SSSR count). The number of hydrogen-bond donors (Lipinski definition) is 1. The second-order valence-electron chi connectivity index (χ2n) is 12.4. The summed E-state index contributed by atoms with van der Waals surface area (Å²) in [6.45, 7) is 21.8. The lowest BCUT2D eigenvalue weighted by atomic mass is 10.0. The van der Waals surface area contributed by atoms with Crippen molar-refractivity contribution in [3.05, 3.63) is 11.8 Å². The molecule has 2 saturated heterocycles. The van der Waals surface area contributed by atoms with E-state index in [4.69, 9.17) is 23.4 Å². The summed E-state index contributed by atoms with van der Waals surface area (Å²) < 4.78 is 29.8. The highest BCUT2D eigenvalue weighted by molar-refractivity contribution is 6.74. The molecule has 0 radical (unpaired) electrons. The smallest absolute Gasteiger partial charge is 0.411 e. The van der Waals surface area contributed by atoms with Gasteiger partial charge in [-0.25, -0.2) is 4.79 Å². The fourth-order valence-electron chi connectivity index (χ4n) is 4.10. The fourth-order valence-corrected chi connectivity index (χ4v) is 5.12. The third-order valence-electron chi connectivity index (χ3n) is 6.79. The third kappa shape index (κ3) is 7.69. The highest BCUT2D eigenvalue weighted by atomic mass is 28.4. The van der Waals surface area contributed by atoms with E-state index >= 15 is 0 Å². The van der Waals surface area contributed by atoms with Gasteiger partial charge in [-0.1, -0.05) is 20.8 Å². The summed E-state index contributed by atoms with van der Waals surface area (Å²) in [5, 5.41) is 12.9. The monoisotopic (exact) mass is 539 g/mol. The number of ether oxygens (including phenoxy) is 4. The first-order valence-electron chi connectivity index (χ1n) is 12.8. The number of nitrogens with one attached hydrogen (secondary N) is 1. The Morgan fingerprint density at radius 2 is 1.73 bits per heavy atom. The van der Waals surface area contributed by atoms with Gasteiger partial charge in [0.2, 0.25) is 0 Å². The van der Waals surface area contributed by atoms with Gasteiger partial charge in [0.05, 0.1) is 30.9 Å². The normalized spacial score (nSPS) is 25.9. The first-order chi connectivity index (χ1) is 16.8. The lowest BCUT2D eigenvalue weighted by molar-refractivity contribution is -0.166. The van der Waals surface area contributed by atoms with Crippen LogP contribution in [0.25, 0.3) is 0 Å². The number of carbonyl (C=O) groups is 2. The van der Waals surface area contributed by atoms with Crippen molar-refractivity contribution in [1.82, 2.24) is 10.2 Å². The van der Waals surface area contributed by atoms with Gasteiger partial charge in [0.1, 0.15) is 30.4 Å². The Balaban J connectivity index is 2.49. The molecule has 0 bridgehead atoms. The topological polar surface area (TPSA) is 119 Å². The Morgan fingerprint density at radius 1 is 1.14 bits per heavy atom. The van der Waals surface area contributed by atoms with Crippen LogP contribution in [-0.2, 0) is 28.2 Å². The summed E-state index contributed by atoms with van der Waals surface area (Å²) >= 11 is 0. The molecule has 2 aliphatic rings. The van der Waals surface area contributed by atoms with Crippen LogP contribution in [0.3, 0.4) is 0 Å². The molecule has 0 unspecified atom stereocenters. The summed E-state index contributed by atoms with van der Waals surface area (Å²) in [5.74, 6) is -1.37. The van der Waals surface area contributed by atoms with E-state index in [9.17, 15) is 14.9 Å². The van der Waals surface area contributed by atoms with Gasteiger partial charge in [-0.15, -0.1) is 0 Å². The molecule has 11 heteroatoms. The highest BCUT2D eigenvalue weighted by Crippen LogP contribution is 2.44. The maximum absolute atomic E-state index is 13.6. The summed E-state index contributed by atoms with van der Waals surface area (Å²) in [6.07, 6.45) is -0.334. The van der Waals surface area contributed by atoms with Crippen LogP contribution in [0.5, 0.6) is 0 Å². The standard InChI is InChI=1S/C26H45N3O7Si/c1-12-32-19(30)15-28-14-17(13-27)20-22-21(34-26(8,9)35-22)18(16-33-37(10,11)25(5,6)7)29(20)23(31)36-24(2,3)4/h14,18,20-22,28H,12,15-16H2,1-11H3/b17-14+/t18-,20+,21-,22+/m1/s1. The van der Waals surface area contributed by atoms with E-state index in [1.165, 1.54) is 11.1 Å². The number of amides is 1.